The Balaban J connectivity index is 1.59. The number of hydrogen-bond acceptors (Lipinski definition) is 4. The van der Waals surface area contributed by atoms with Crippen molar-refractivity contribution >= 4 is 22.5 Å². The first kappa shape index (κ1) is 24.7. The van der Waals surface area contributed by atoms with Gasteiger partial charge in [-0.3, -0.25) is 14.9 Å². The van der Waals surface area contributed by atoms with Crippen molar-refractivity contribution in [1.29, 1.82) is 0 Å². The van der Waals surface area contributed by atoms with E-state index in [2.05, 4.69) is 22.9 Å². The van der Waals surface area contributed by atoms with E-state index < -0.39 is 0 Å². The lowest BCUT2D eigenvalue weighted by Crippen LogP contribution is -2.48. The van der Waals surface area contributed by atoms with Gasteiger partial charge in [-0.1, -0.05) is 60.7 Å². The molecule has 0 aliphatic carbocycles. The van der Waals surface area contributed by atoms with Gasteiger partial charge in [-0.25, -0.2) is 0 Å². The summed E-state index contributed by atoms with van der Waals surface area (Å²) in [5.41, 5.74) is 4.01. The molecular weight excluding hydrogens is 466 g/mol. The van der Waals surface area contributed by atoms with Crippen LogP contribution in [0.25, 0.3) is 10.9 Å². The van der Waals surface area contributed by atoms with E-state index >= 15 is 0 Å². The molecule has 7 nitrogen and oxygen atoms in total. The molecule has 5 rings (SSSR count). The molecule has 1 amide bonds. The molecule has 1 saturated heterocycles. The lowest BCUT2D eigenvalue weighted by molar-refractivity contribution is -0.384. The second kappa shape index (κ2) is 10.6. The minimum atomic E-state index is -0.364. The van der Waals surface area contributed by atoms with Crippen LogP contribution in [0.5, 0.6) is 0 Å². The molecule has 0 saturated carbocycles. The predicted molar refractivity (Wildman–Crippen MR) is 144 cm³/mol. The van der Waals surface area contributed by atoms with Crippen LogP contribution in [-0.2, 0) is 16.1 Å². The summed E-state index contributed by atoms with van der Waals surface area (Å²) in [5.74, 6) is -0.186. The second-order valence-corrected chi connectivity index (χ2v) is 9.88. The zero-order valence-electron chi connectivity index (χ0n) is 21.1. The summed E-state index contributed by atoms with van der Waals surface area (Å²) in [5, 5.41) is 12.5. The van der Waals surface area contributed by atoms with E-state index in [4.69, 9.17) is 4.74 Å². The highest BCUT2D eigenvalue weighted by molar-refractivity contribution is 5.88. The summed E-state index contributed by atoms with van der Waals surface area (Å²) in [4.78, 5) is 26.8. The third-order valence-electron chi connectivity index (χ3n) is 7.03. The van der Waals surface area contributed by atoms with Crippen molar-refractivity contribution in [3.63, 3.8) is 0 Å². The van der Waals surface area contributed by atoms with Gasteiger partial charge >= 0.3 is 0 Å². The Morgan fingerprint density at radius 2 is 1.65 bits per heavy atom. The molecular formula is C30H31N3O4. The lowest BCUT2D eigenvalue weighted by Gasteiger charge is -2.36. The number of rotatable bonds is 7. The molecule has 4 aromatic rings. The zero-order chi connectivity index (χ0) is 25.9. The molecule has 3 atom stereocenters. The van der Waals surface area contributed by atoms with Gasteiger partial charge in [0.15, 0.2) is 0 Å². The number of aromatic nitrogens is 1. The molecule has 190 valence electrons. The molecule has 0 radical (unpaired) electrons. The summed E-state index contributed by atoms with van der Waals surface area (Å²) in [6.45, 7) is 5.73. The van der Waals surface area contributed by atoms with Gasteiger partial charge < -0.3 is 14.2 Å². The second-order valence-electron chi connectivity index (χ2n) is 9.88. The first-order valence-electron chi connectivity index (χ1n) is 12.7. The van der Waals surface area contributed by atoms with Gasteiger partial charge in [0.25, 0.3) is 5.69 Å². The number of nitrogens with zero attached hydrogens (tertiary/aromatic N) is 3. The SMILES string of the molecule is CC1CN(C(=O)CC(c2ccccc2)c2cn(Cc3ccccc3)c3ccc([N+](=O)[O-])cc23)CC(C)O1. The number of nitro benzene ring substituents is 1. The van der Waals surface area contributed by atoms with Crippen LogP contribution in [0.1, 0.15) is 42.9 Å². The third kappa shape index (κ3) is 5.42. The van der Waals surface area contributed by atoms with Gasteiger partial charge in [-0.05, 0) is 36.6 Å². The Morgan fingerprint density at radius 3 is 2.30 bits per heavy atom. The van der Waals surface area contributed by atoms with Gasteiger partial charge in [-0.15, -0.1) is 0 Å². The average molecular weight is 498 g/mol. The van der Waals surface area contributed by atoms with E-state index in [1.807, 2.05) is 73.3 Å². The van der Waals surface area contributed by atoms with Crippen LogP contribution in [0, 0.1) is 10.1 Å². The van der Waals surface area contributed by atoms with Crippen molar-refractivity contribution in [3.05, 3.63) is 112 Å². The molecule has 0 spiro atoms. The number of ether oxygens (including phenoxy) is 1. The minimum absolute atomic E-state index is 0.0155. The molecule has 37 heavy (non-hydrogen) atoms. The van der Waals surface area contributed by atoms with E-state index in [-0.39, 0.29) is 41.1 Å². The highest BCUT2D eigenvalue weighted by Gasteiger charge is 2.30. The number of carbonyl (C=O) groups is 1. The summed E-state index contributed by atoms with van der Waals surface area (Å²) in [6.07, 6.45) is 2.31. The minimum Gasteiger partial charge on any atom is -0.372 e. The fourth-order valence-electron chi connectivity index (χ4n) is 5.39. The highest BCUT2D eigenvalue weighted by atomic mass is 16.6. The van der Waals surface area contributed by atoms with Crippen LogP contribution in [0.15, 0.2) is 85.1 Å². The van der Waals surface area contributed by atoms with E-state index in [1.54, 1.807) is 12.1 Å². The number of benzene rings is 3. The average Bonchev–Trinajstić information content (AvgIpc) is 3.24. The first-order chi connectivity index (χ1) is 17.9. The maximum atomic E-state index is 13.6. The summed E-state index contributed by atoms with van der Waals surface area (Å²) in [6, 6.07) is 25.1. The largest absolute Gasteiger partial charge is 0.372 e. The molecule has 2 heterocycles. The molecule has 7 heteroatoms. The molecule has 1 aliphatic rings. The smallest absolute Gasteiger partial charge is 0.270 e. The van der Waals surface area contributed by atoms with Gasteiger partial charge in [-0.2, -0.15) is 0 Å². The van der Waals surface area contributed by atoms with E-state index in [0.717, 1.165) is 27.6 Å². The fourth-order valence-corrected chi connectivity index (χ4v) is 5.39. The number of morpholine rings is 1. The zero-order valence-corrected chi connectivity index (χ0v) is 21.1. The predicted octanol–water partition coefficient (Wildman–Crippen LogP) is 5.76. The Labute approximate surface area is 216 Å². The Kier molecular flexibility index (Phi) is 7.06. The number of non-ortho nitro benzene ring substituents is 1. The molecule has 0 N–H and O–H groups in total. The molecule has 3 aromatic carbocycles. The quantitative estimate of drug-likeness (QED) is 0.240. The number of hydrogen-bond donors (Lipinski definition) is 0. The molecule has 1 aliphatic heterocycles. The van der Waals surface area contributed by atoms with Crippen LogP contribution in [0.2, 0.25) is 0 Å². The Hall–Kier alpha value is -3.97. The van der Waals surface area contributed by atoms with Crippen molar-refractivity contribution in [2.24, 2.45) is 0 Å². The number of carbonyl (C=O) groups excluding carboxylic acids is 1. The molecule has 0 bridgehead atoms. The van der Waals surface area contributed by atoms with Crippen LogP contribution in [0.3, 0.4) is 0 Å². The number of nitro groups is 1. The highest BCUT2D eigenvalue weighted by Crippen LogP contribution is 2.37. The molecule has 3 unspecified atom stereocenters. The van der Waals surface area contributed by atoms with E-state index in [1.165, 1.54) is 0 Å². The van der Waals surface area contributed by atoms with Crippen molar-refractivity contribution in [2.75, 3.05) is 13.1 Å². The van der Waals surface area contributed by atoms with Crippen LogP contribution in [0.4, 0.5) is 5.69 Å². The lowest BCUT2D eigenvalue weighted by atomic mass is 9.87. The van der Waals surface area contributed by atoms with Crippen molar-refractivity contribution in [3.8, 4) is 0 Å². The summed E-state index contributed by atoms with van der Waals surface area (Å²) in [7, 11) is 0. The normalized spacial score (nSPS) is 18.6. The third-order valence-corrected chi connectivity index (χ3v) is 7.03. The van der Waals surface area contributed by atoms with Gasteiger partial charge in [0.05, 0.1) is 17.1 Å². The fraction of sp³-hybridized carbons (Fsp3) is 0.300. The standard InChI is InChI=1S/C30H31N3O4/c1-21-17-32(18-22(2)37-21)30(34)16-26(24-11-7-4-8-12-24)28-20-31(19-23-9-5-3-6-10-23)29-14-13-25(33(35)36)15-27(28)29/h3-15,20-22,26H,16-19H2,1-2H3. The monoisotopic (exact) mass is 497 g/mol. The topological polar surface area (TPSA) is 77.6 Å². The maximum absolute atomic E-state index is 13.6. The van der Waals surface area contributed by atoms with E-state index in [9.17, 15) is 14.9 Å². The molecule has 1 fully saturated rings. The Bertz CT molecular complexity index is 1390. The first-order valence-corrected chi connectivity index (χ1v) is 12.7. The van der Waals surface area contributed by atoms with Crippen LogP contribution < -0.4 is 0 Å². The number of amides is 1. The Morgan fingerprint density at radius 1 is 1.00 bits per heavy atom. The van der Waals surface area contributed by atoms with Crippen LogP contribution >= 0.6 is 0 Å². The van der Waals surface area contributed by atoms with Crippen molar-refractivity contribution < 1.29 is 14.5 Å². The maximum Gasteiger partial charge on any atom is 0.270 e. The summed E-state index contributed by atoms with van der Waals surface area (Å²) < 4.78 is 7.96. The van der Waals surface area contributed by atoms with Crippen LogP contribution in [-0.4, -0.2) is 45.6 Å². The van der Waals surface area contributed by atoms with E-state index in [0.29, 0.717) is 19.6 Å². The summed E-state index contributed by atoms with van der Waals surface area (Å²) >= 11 is 0. The number of fused-ring (bicyclic) bond motifs is 1. The van der Waals surface area contributed by atoms with Crippen molar-refractivity contribution in [2.45, 2.75) is 44.9 Å². The van der Waals surface area contributed by atoms with Gasteiger partial charge in [0.2, 0.25) is 5.91 Å². The van der Waals surface area contributed by atoms with Gasteiger partial charge in [0, 0.05) is 61.2 Å². The molecule has 1 aromatic heterocycles. The van der Waals surface area contributed by atoms with Gasteiger partial charge in [0.1, 0.15) is 0 Å². The van der Waals surface area contributed by atoms with Crippen molar-refractivity contribution in [1.82, 2.24) is 9.47 Å².